The molecule has 0 aromatic heterocycles. The van der Waals surface area contributed by atoms with Crippen molar-refractivity contribution in [3.05, 3.63) is 95.1 Å². The van der Waals surface area contributed by atoms with E-state index in [9.17, 15) is 9.59 Å². The van der Waals surface area contributed by atoms with E-state index in [1.54, 1.807) is 42.6 Å². The average Bonchev–Trinajstić information content (AvgIpc) is 2.88. The predicted molar refractivity (Wildman–Crippen MR) is 165 cm³/mol. The molecule has 0 heterocycles. The van der Waals surface area contributed by atoms with Crippen molar-refractivity contribution in [3.63, 3.8) is 0 Å². The quantitative estimate of drug-likeness (QED) is 0.144. The Balaban J connectivity index is 1.62. The predicted octanol–water partition coefficient (Wildman–Crippen LogP) is 6.29. The standard InChI is InChI=1S/C28H25ClI2N4O3/c1-17(2)11-25(34-27(36)21-7-9-22(29)10-8-21)28(37)35-33-15-20-12-23(30)26(24(31)13-20)38-16-19-5-3-18(14-32)4-6-19/h3-10,12-13,15,17,25H,11,16H2,1-2H3,(H,34,36)(H,35,37). The summed E-state index contributed by atoms with van der Waals surface area (Å²) >= 11 is 10.3. The van der Waals surface area contributed by atoms with Gasteiger partial charge >= 0.3 is 0 Å². The Labute approximate surface area is 254 Å². The van der Waals surface area contributed by atoms with Crippen LogP contribution in [-0.4, -0.2) is 24.1 Å². The molecule has 0 bridgehead atoms. The number of rotatable bonds is 10. The lowest BCUT2D eigenvalue weighted by molar-refractivity contribution is -0.123. The van der Waals surface area contributed by atoms with Gasteiger partial charge in [-0.2, -0.15) is 10.4 Å². The van der Waals surface area contributed by atoms with Gasteiger partial charge < -0.3 is 10.1 Å². The minimum Gasteiger partial charge on any atom is -0.487 e. The molecule has 196 valence electrons. The molecule has 0 radical (unpaired) electrons. The molecule has 0 aliphatic heterocycles. The minimum atomic E-state index is -0.742. The average molecular weight is 755 g/mol. The van der Waals surface area contributed by atoms with Gasteiger partial charge in [0.15, 0.2) is 0 Å². The number of hydrazone groups is 1. The van der Waals surface area contributed by atoms with Crippen LogP contribution in [0.15, 0.2) is 65.8 Å². The number of hydrogen-bond donors (Lipinski definition) is 2. The van der Waals surface area contributed by atoms with Crippen molar-refractivity contribution in [3.8, 4) is 11.8 Å². The normalized spacial score (nSPS) is 11.7. The molecule has 0 saturated carbocycles. The number of carbonyl (C=O) groups excluding carboxylic acids is 2. The van der Waals surface area contributed by atoms with Crippen LogP contribution in [0.1, 0.15) is 47.3 Å². The molecule has 3 aromatic rings. The Kier molecular flexibility index (Phi) is 11.4. The Morgan fingerprint density at radius 1 is 1.08 bits per heavy atom. The summed E-state index contributed by atoms with van der Waals surface area (Å²) in [5.41, 5.74) is 5.32. The zero-order chi connectivity index (χ0) is 27.7. The Hall–Kier alpha value is -2.69. The van der Waals surface area contributed by atoms with Crippen LogP contribution in [-0.2, 0) is 11.4 Å². The summed E-state index contributed by atoms with van der Waals surface area (Å²) in [6, 6.07) is 18.9. The topological polar surface area (TPSA) is 104 Å². The third-order valence-corrected chi connectivity index (χ3v) is 7.17. The molecule has 1 unspecified atom stereocenters. The van der Waals surface area contributed by atoms with Crippen molar-refractivity contribution in [2.45, 2.75) is 32.9 Å². The molecule has 3 rings (SSSR count). The van der Waals surface area contributed by atoms with Crippen LogP contribution in [0, 0.1) is 24.4 Å². The molecular formula is C28H25ClI2N4O3. The van der Waals surface area contributed by atoms with Crippen molar-refractivity contribution in [2.24, 2.45) is 11.0 Å². The lowest BCUT2D eigenvalue weighted by Crippen LogP contribution is -2.46. The first-order valence-electron chi connectivity index (χ1n) is 11.7. The minimum absolute atomic E-state index is 0.181. The van der Waals surface area contributed by atoms with Gasteiger partial charge in [0.2, 0.25) is 0 Å². The van der Waals surface area contributed by atoms with Gasteiger partial charge in [-0.1, -0.05) is 37.6 Å². The third-order valence-electron chi connectivity index (χ3n) is 5.31. The largest absolute Gasteiger partial charge is 0.487 e. The number of ether oxygens (including phenoxy) is 1. The van der Waals surface area contributed by atoms with E-state index in [2.05, 4.69) is 67.1 Å². The number of nitrogens with zero attached hydrogens (tertiary/aromatic N) is 2. The SMILES string of the molecule is CC(C)CC(NC(=O)c1ccc(Cl)cc1)C(=O)NN=Cc1cc(I)c(OCc2ccc(C#N)cc2)c(I)c1. The smallest absolute Gasteiger partial charge is 0.262 e. The summed E-state index contributed by atoms with van der Waals surface area (Å²) in [6.07, 6.45) is 2.02. The first-order chi connectivity index (χ1) is 18.2. The Morgan fingerprint density at radius 2 is 1.71 bits per heavy atom. The molecule has 0 spiro atoms. The summed E-state index contributed by atoms with van der Waals surface area (Å²) in [4.78, 5) is 25.5. The van der Waals surface area contributed by atoms with Gasteiger partial charge in [0.25, 0.3) is 11.8 Å². The van der Waals surface area contributed by atoms with Gasteiger partial charge in [-0.05, 0) is 117 Å². The van der Waals surface area contributed by atoms with Crippen molar-refractivity contribution < 1.29 is 14.3 Å². The van der Waals surface area contributed by atoms with E-state index in [1.165, 1.54) is 0 Å². The molecule has 0 aliphatic rings. The fraction of sp³-hybridized carbons (Fsp3) is 0.214. The van der Waals surface area contributed by atoms with Crippen LogP contribution in [0.5, 0.6) is 5.75 Å². The second-order valence-corrected chi connectivity index (χ2v) is 11.6. The molecule has 0 fully saturated rings. The highest BCUT2D eigenvalue weighted by atomic mass is 127. The van der Waals surface area contributed by atoms with Crippen molar-refractivity contribution in [1.29, 1.82) is 5.26 Å². The van der Waals surface area contributed by atoms with E-state index >= 15 is 0 Å². The maximum atomic E-state index is 12.8. The maximum absolute atomic E-state index is 12.8. The van der Waals surface area contributed by atoms with Gasteiger partial charge in [0, 0.05) is 10.6 Å². The zero-order valence-corrected chi connectivity index (χ0v) is 25.7. The second kappa shape index (κ2) is 14.5. The lowest BCUT2D eigenvalue weighted by Gasteiger charge is -2.19. The molecule has 10 heteroatoms. The summed E-state index contributed by atoms with van der Waals surface area (Å²) in [5.74, 6) is 0.176. The van der Waals surface area contributed by atoms with Gasteiger partial charge in [0.05, 0.1) is 25.0 Å². The molecule has 2 amide bonds. The van der Waals surface area contributed by atoms with Crippen molar-refractivity contribution in [2.75, 3.05) is 0 Å². The van der Waals surface area contributed by atoms with Crippen LogP contribution >= 0.6 is 56.8 Å². The molecular weight excluding hydrogens is 730 g/mol. The first-order valence-corrected chi connectivity index (χ1v) is 14.2. The lowest BCUT2D eigenvalue weighted by atomic mass is 10.0. The highest BCUT2D eigenvalue weighted by Crippen LogP contribution is 2.29. The second-order valence-electron chi connectivity index (χ2n) is 8.81. The number of benzene rings is 3. The molecule has 7 nitrogen and oxygen atoms in total. The van der Waals surface area contributed by atoms with E-state index < -0.39 is 11.9 Å². The summed E-state index contributed by atoms with van der Waals surface area (Å²) < 4.78 is 7.80. The van der Waals surface area contributed by atoms with Gasteiger partial charge in [-0.3, -0.25) is 9.59 Å². The highest BCUT2D eigenvalue weighted by molar-refractivity contribution is 14.1. The van der Waals surface area contributed by atoms with Crippen LogP contribution < -0.4 is 15.5 Å². The van der Waals surface area contributed by atoms with Crippen molar-refractivity contribution in [1.82, 2.24) is 10.7 Å². The maximum Gasteiger partial charge on any atom is 0.262 e. The van der Waals surface area contributed by atoms with E-state index in [-0.39, 0.29) is 11.8 Å². The fourth-order valence-corrected chi connectivity index (χ4v) is 5.67. The van der Waals surface area contributed by atoms with Gasteiger partial charge in [-0.15, -0.1) is 0 Å². The zero-order valence-electron chi connectivity index (χ0n) is 20.7. The van der Waals surface area contributed by atoms with E-state index in [0.29, 0.717) is 29.2 Å². The summed E-state index contributed by atoms with van der Waals surface area (Å²) in [7, 11) is 0. The number of hydrogen-bond acceptors (Lipinski definition) is 5. The fourth-order valence-electron chi connectivity index (χ4n) is 3.42. The van der Waals surface area contributed by atoms with Gasteiger partial charge in [-0.25, -0.2) is 5.43 Å². The van der Waals surface area contributed by atoms with Gasteiger partial charge in [0.1, 0.15) is 18.4 Å². The first kappa shape index (κ1) is 29.9. The monoisotopic (exact) mass is 754 g/mol. The van der Waals surface area contributed by atoms with Crippen LogP contribution in [0.4, 0.5) is 0 Å². The van der Waals surface area contributed by atoms with E-state index in [0.717, 1.165) is 24.0 Å². The number of halogens is 3. The van der Waals surface area contributed by atoms with Crippen LogP contribution in [0.25, 0.3) is 0 Å². The summed E-state index contributed by atoms with van der Waals surface area (Å²) in [6.45, 7) is 4.33. The molecule has 3 aromatic carbocycles. The molecule has 0 saturated heterocycles. The number of nitriles is 1. The third kappa shape index (κ3) is 8.96. The highest BCUT2D eigenvalue weighted by Gasteiger charge is 2.22. The van der Waals surface area contributed by atoms with E-state index in [4.69, 9.17) is 21.6 Å². The molecule has 38 heavy (non-hydrogen) atoms. The molecule has 2 N–H and O–H groups in total. The Morgan fingerprint density at radius 3 is 2.29 bits per heavy atom. The summed E-state index contributed by atoms with van der Waals surface area (Å²) in [5, 5.41) is 16.4. The van der Waals surface area contributed by atoms with Crippen molar-refractivity contribution >= 4 is 74.8 Å². The number of carbonyl (C=O) groups is 2. The molecule has 1 atom stereocenters. The van der Waals surface area contributed by atoms with Crippen LogP contribution in [0.3, 0.4) is 0 Å². The number of nitrogens with one attached hydrogen (secondary N) is 2. The Bertz CT molecular complexity index is 1330. The molecule has 0 aliphatic carbocycles. The number of amides is 2. The van der Waals surface area contributed by atoms with Crippen LogP contribution in [0.2, 0.25) is 5.02 Å². The van der Waals surface area contributed by atoms with E-state index in [1.807, 2.05) is 38.1 Å².